The van der Waals surface area contributed by atoms with Crippen LogP contribution in [-0.2, 0) is 0 Å². The van der Waals surface area contributed by atoms with E-state index in [1.165, 1.54) is 19.5 Å². The Morgan fingerprint density at radius 3 is 2.89 bits per heavy atom. The number of hydrogen-bond donors (Lipinski definition) is 1. The zero-order valence-corrected chi connectivity index (χ0v) is 6.35. The van der Waals surface area contributed by atoms with Crippen LogP contribution in [0.4, 0.5) is 0 Å². The standard InChI is InChI=1S/C7H16N2/c1-3-8-7-4-5-9(2)6-7/h7-8H,3-6H2,1-2H3/t7-/m0/s1. The van der Waals surface area contributed by atoms with E-state index in [2.05, 4.69) is 24.2 Å². The van der Waals surface area contributed by atoms with E-state index in [-0.39, 0.29) is 0 Å². The smallest absolute Gasteiger partial charge is 0.0206 e. The van der Waals surface area contributed by atoms with Gasteiger partial charge < -0.3 is 10.2 Å². The van der Waals surface area contributed by atoms with Gasteiger partial charge in [0.1, 0.15) is 0 Å². The third-order valence-electron chi connectivity index (χ3n) is 1.88. The number of likely N-dealkylation sites (N-methyl/N-ethyl adjacent to an activating group) is 2. The van der Waals surface area contributed by atoms with E-state index in [1.54, 1.807) is 0 Å². The van der Waals surface area contributed by atoms with E-state index >= 15 is 0 Å². The first-order chi connectivity index (χ1) is 4.33. The summed E-state index contributed by atoms with van der Waals surface area (Å²) < 4.78 is 0. The molecule has 0 amide bonds. The van der Waals surface area contributed by atoms with Gasteiger partial charge in [0.2, 0.25) is 0 Å². The molecule has 1 rings (SSSR count). The average molecular weight is 128 g/mol. The summed E-state index contributed by atoms with van der Waals surface area (Å²) >= 11 is 0. The second-order valence-electron chi connectivity index (χ2n) is 2.81. The van der Waals surface area contributed by atoms with Crippen molar-refractivity contribution < 1.29 is 0 Å². The number of nitrogens with one attached hydrogen (secondary N) is 1. The summed E-state index contributed by atoms with van der Waals surface area (Å²) in [4.78, 5) is 2.37. The van der Waals surface area contributed by atoms with E-state index in [1.807, 2.05) is 0 Å². The van der Waals surface area contributed by atoms with Gasteiger partial charge in [-0.3, -0.25) is 0 Å². The molecule has 1 heterocycles. The van der Waals surface area contributed by atoms with Gasteiger partial charge in [0.05, 0.1) is 0 Å². The minimum atomic E-state index is 0.764. The number of rotatable bonds is 2. The molecule has 1 atom stereocenters. The summed E-state index contributed by atoms with van der Waals surface area (Å²) in [6.07, 6.45) is 1.32. The van der Waals surface area contributed by atoms with Crippen LogP contribution in [-0.4, -0.2) is 37.6 Å². The average Bonchev–Trinajstić information content (AvgIpc) is 2.17. The fourth-order valence-electron chi connectivity index (χ4n) is 1.39. The molecule has 1 fully saturated rings. The SMILES string of the molecule is CCN[C@H]1CCN(C)C1. The van der Waals surface area contributed by atoms with Gasteiger partial charge in [-0.15, -0.1) is 0 Å². The van der Waals surface area contributed by atoms with Gasteiger partial charge in [-0.2, -0.15) is 0 Å². The van der Waals surface area contributed by atoms with Crippen LogP contribution in [0.25, 0.3) is 0 Å². The lowest BCUT2D eigenvalue weighted by atomic mass is 10.3. The van der Waals surface area contributed by atoms with Gasteiger partial charge in [0, 0.05) is 12.6 Å². The van der Waals surface area contributed by atoms with Crippen molar-refractivity contribution in [2.24, 2.45) is 0 Å². The van der Waals surface area contributed by atoms with E-state index in [0.29, 0.717) is 0 Å². The molecule has 0 spiro atoms. The van der Waals surface area contributed by atoms with Crippen LogP contribution >= 0.6 is 0 Å². The first kappa shape index (κ1) is 7.03. The van der Waals surface area contributed by atoms with Crippen molar-refractivity contribution in [3.63, 3.8) is 0 Å². The highest BCUT2D eigenvalue weighted by molar-refractivity contribution is 4.77. The molecule has 9 heavy (non-hydrogen) atoms. The van der Waals surface area contributed by atoms with Gasteiger partial charge in [0.15, 0.2) is 0 Å². The van der Waals surface area contributed by atoms with Gasteiger partial charge in [0.25, 0.3) is 0 Å². The summed E-state index contributed by atoms with van der Waals surface area (Å²) in [7, 11) is 2.18. The van der Waals surface area contributed by atoms with E-state index in [0.717, 1.165) is 12.6 Å². The number of likely N-dealkylation sites (tertiary alicyclic amines) is 1. The molecular weight excluding hydrogens is 112 g/mol. The molecule has 1 aliphatic rings. The molecule has 0 saturated carbocycles. The van der Waals surface area contributed by atoms with Crippen molar-refractivity contribution in [3.8, 4) is 0 Å². The lowest BCUT2D eigenvalue weighted by Crippen LogP contribution is -2.30. The molecule has 1 N–H and O–H groups in total. The maximum absolute atomic E-state index is 3.43. The van der Waals surface area contributed by atoms with Crippen LogP contribution in [0.5, 0.6) is 0 Å². The van der Waals surface area contributed by atoms with Gasteiger partial charge >= 0.3 is 0 Å². The van der Waals surface area contributed by atoms with Crippen LogP contribution < -0.4 is 5.32 Å². The van der Waals surface area contributed by atoms with E-state index < -0.39 is 0 Å². The fraction of sp³-hybridized carbons (Fsp3) is 1.00. The number of hydrogen-bond acceptors (Lipinski definition) is 2. The summed E-state index contributed by atoms with van der Waals surface area (Å²) in [5, 5.41) is 3.43. The van der Waals surface area contributed by atoms with Crippen LogP contribution in [0.2, 0.25) is 0 Å². The molecule has 1 saturated heterocycles. The Bertz CT molecular complexity index is 81.0. The lowest BCUT2D eigenvalue weighted by molar-refractivity contribution is 0.400. The third-order valence-corrected chi connectivity index (χ3v) is 1.88. The van der Waals surface area contributed by atoms with Crippen LogP contribution in [0.3, 0.4) is 0 Å². The maximum atomic E-state index is 3.43. The van der Waals surface area contributed by atoms with E-state index in [9.17, 15) is 0 Å². The Labute approximate surface area is 57.2 Å². The number of nitrogens with zero attached hydrogens (tertiary/aromatic N) is 1. The Morgan fingerprint density at radius 2 is 2.44 bits per heavy atom. The van der Waals surface area contributed by atoms with E-state index in [4.69, 9.17) is 0 Å². The van der Waals surface area contributed by atoms with Crippen molar-refractivity contribution in [2.45, 2.75) is 19.4 Å². The predicted molar refractivity (Wildman–Crippen MR) is 39.6 cm³/mol. The molecule has 54 valence electrons. The molecule has 0 aromatic carbocycles. The minimum absolute atomic E-state index is 0.764. The summed E-state index contributed by atoms with van der Waals surface area (Å²) in [6, 6.07) is 0.764. The van der Waals surface area contributed by atoms with Crippen molar-refractivity contribution in [1.29, 1.82) is 0 Å². The molecule has 0 aliphatic carbocycles. The van der Waals surface area contributed by atoms with Crippen LogP contribution in [0.1, 0.15) is 13.3 Å². The summed E-state index contributed by atoms with van der Waals surface area (Å²) in [5.41, 5.74) is 0. The lowest BCUT2D eigenvalue weighted by Gasteiger charge is -2.09. The van der Waals surface area contributed by atoms with Gasteiger partial charge in [-0.25, -0.2) is 0 Å². The molecular formula is C7H16N2. The highest BCUT2D eigenvalue weighted by atomic mass is 15.2. The molecule has 0 aromatic rings. The molecule has 2 heteroatoms. The zero-order valence-electron chi connectivity index (χ0n) is 6.35. The molecule has 1 aliphatic heterocycles. The maximum Gasteiger partial charge on any atom is 0.0206 e. The van der Waals surface area contributed by atoms with Crippen LogP contribution in [0, 0.1) is 0 Å². The first-order valence-corrected chi connectivity index (χ1v) is 3.75. The molecule has 0 bridgehead atoms. The summed E-state index contributed by atoms with van der Waals surface area (Å²) in [5.74, 6) is 0. The Morgan fingerprint density at radius 1 is 1.67 bits per heavy atom. The van der Waals surface area contributed by atoms with Crippen LogP contribution in [0.15, 0.2) is 0 Å². The normalized spacial score (nSPS) is 29.3. The third kappa shape index (κ3) is 1.95. The highest BCUT2D eigenvalue weighted by Gasteiger charge is 2.17. The largest absolute Gasteiger partial charge is 0.313 e. The molecule has 0 aromatic heterocycles. The quantitative estimate of drug-likeness (QED) is 0.575. The molecule has 0 radical (unpaired) electrons. The molecule has 2 nitrogen and oxygen atoms in total. The van der Waals surface area contributed by atoms with Crippen molar-refractivity contribution >= 4 is 0 Å². The minimum Gasteiger partial charge on any atom is -0.313 e. The monoisotopic (exact) mass is 128 g/mol. The topological polar surface area (TPSA) is 15.3 Å². The predicted octanol–water partition coefficient (Wildman–Crippen LogP) is 0.300. The molecule has 0 unspecified atom stereocenters. The highest BCUT2D eigenvalue weighted by Crippen LogP contribution is 2.04. The zero-order chi connectivity index (χ0) is 6.69. The second-order valence-corrected chi connectivity index (χ2v) is 2.81. The Hall–Kier alpha value is -0.0800. The fourth-order valence-corrected chi connectivity index (χ4v) is 1.39. The summed E-state index contributed by atoms with van der Waals surface area (Å²) in [6.45, 7) is 5.77. The first-order valence-electron chi connectivity index (χ1n) is 3.75. The van der Waals surface area contributed by atoms with Crippen molar-refractivity contribution in [1.82, 2.24) is 10.2 Å². The second kappa shape index (κ2) is 3.18. The van der Waals surface area contributed by atoms with Crippen molar-refractivity contribution in [3.05, 3.63) is 0 Å². The van der Waals surface area contributed by atoms with Crippen molar-refractivity contribution in [2.75, 3.05) is 26.7 Å². The van der Waals surface area contributed by atoms with Gasteiger partial charge in [-0.05, 0) is 26.6 Å². The Kier molecular flexibility index (Phi) is 2.49. The Balaban J connectivity index is 2.14. The van der Waals surface area contributed by atoms with Gasteiger partial charge in [-0.1, -0.05) is 6.92 Å².